The molecule has 86 valence electrons. The number of halogens is 1. The van der Waals surface area contributed by atoms with Crippen molar-refractivity contribution in [3.05, 3.63) is 29.6 Å². The number of hydrogen-bond acceptors (Lipinski definition) is 2. The Morgan fingerprint density at radius 2 is 2.19 bits per heavy atom. The fourth-order valence-electron chi connectivity index (χ4n) is 1.69. The highest BCUT2D eigenvalue weighted by molar-refractivity contribution is 7.80. The predicted molar refractivity (Wildman–Crippen MR) is 68.1 cm³/mol. The summed E-state index contributed by atoms with van der Waals surface area (Å²) in [6, 6.07) is 5.17. The molecule has 1 aromatic rings. The first kappa shape index (κ1) is 11.3. The summed E-state index contributed by atoms with van der Waals surface area (Å²) < 4.78 is 13.7. The van der Waals surface area contributed by atoms with E-state index in [1.54, 1.807) is 12.1 Å². The van der Waals surface area contributed by atoms with E-state index in [4.69, 9.17) is 18.0 Å². The average molecular weight is 238 g/mol. The van der Waals surface area contributed by atoms with E-state index in [9.17, 15) is 4.39 Å². The molecular weight excluding hydrogens is 223 g/mol. The average Bonchev–Trinajstić information content (AvgIpc) is 2.77. The number of rotatable bonds is 3. The van der Waals surface area contributed by atoms with Gasteiger partial charge in [-0.2, -0.15) is 0 Å². The lowest BCUT2D eigenvalue weighted by Gasteiger charge is -2.10. The highest BCUT2D eigenvalue weighted by atomic mass is 32.1. The van der Waals surface area contributed by atoms with E-state index >= 15 is 0 Å². The normalized spacial score (nSPS) is 21.6. The van der Waals surface area contributed by atoms with E-state index in [-0.39, 0.29) is 16.2 Å². The third-order valence-electron chi connectivity index (χ3n) is 3.10. The molecule has 0 heterocycles. The second-order valence-corrected chi connectivity index (χ2v) is 5.39. The van der Waals surface area contributed by atoms with Gasteiger partial charge in [0.1, 0.15) is 10.8 Å². The zero-order valence-corrected chi connectivity index (χ0v) is 10.2. The van der Waals surface area contributed by atoms with E-state index in [0.29, 0.717) is 17.3 Å². The van der Waals surface area contributed by atoms with Crippen molar-refractivity contribution in [1.82, 2.24) is 0 Å². The molecule has 1 aliphatic rings. The minimum Gasteiger partial charge on any atom is -0.389 e. The Labute approximate surface area is 100 Å². The summed E-state index contributed by atoms with van der Waals surface area (Å²) in [5.74, 6) is -0.298. The molecule has 1 aromatic carbocycles. The molecule has 2 nitrogen and oxygen atoms in total. The molecule has 1 saturated carbocycles. The van der Waals surface area contributed by atoms with Crippen LogP contribution in [-0.4, -0.2) is 11.0 Å². The van der Waals surface area contributed by atoms with Gasteiger partial charge in [-0.05, 0) is 30.0 Å². The molecular formula is C12H15FN2S. The Morgan fingerprint density at radius 1 is 1.56 bits per heavy atom. The highest BCUT2D eigenvalue weighted by Gasteiger charge is 2.45. The molecule has 0 saturated heterocycles. The van der Waals surface area contributed by atoms with Crippen LogP contribution in [0.1, 0.15) is 25.8 Å². The molecule has 0 bridgehead atoms. The van der Waals surface area contributed by atoms with E-state index in [1.165, 1.54) is 6.07 Å². The standard InChI is InChI=1S/C12H15FN2S/c1-12(2)6-10(12)15-9-4-3-7(11(14)16)5-8(9)13/h3-5,10,15H,6H2,1-2H3,(H2,14,16). The largest absolute Gasteiger partial charge is 0.389 e. The SMILES string of the molecule is CC1(C)CC1Nc1ccc(C(N)=S)cc1F. The maximum atomic E-state index is 13.7. The van der Waals surface area contributed by atoms with E-state index in [2.05, 4.69) is 19.2 Å². The molecule has 0 aromatic heterocycles. The molecule has 1 atom stereocenters. The van der Waals surface area contributed by atoms with Gasteiger partial charge in [0, 0.05) is 11.6 Å². The lowest BCUT2D eigenvalue weighted by Crippen LogP contribution is -2.12. The van der Waals surface area contributed by atoms with E-state index in [0.717, 1.165) is 6.42 Å². The molecule has 0 spiro atoms. The number of nitrogens with two attached hydrogens (primary N) is 1. The van der Waals surface area contributed by atoms with E-state index in [1.807, 2.05) is 0 Å². The van der Waals surface area contributed by atoms with Gasteiger partial charge in [0.15, 0.2) is 0 Å². The molecule has 0 amide bonds. The van der Waals surface area contributed by atoms with Crippen LogP contribution in [0.25, 0.3) is 0 Å². The van der Waals surface area contributed by atoms with Gasteiger partial charge < -0.3 is 11.1 Å². The first-order valence-electron chi connectivity index (χ1n) is 5.26. The Morgan fingerprint density at radius 3 is 2.62 bits per heavy atom. The van der Waals surface area contributed by atoms with Crippen molar-refractivity contribution in [3.8, 4) is 0 Å². The quantitative estimate of drug-likeness (QED) is 0.795. The minimum absolute atomic E-state index is 0.220. The van der Waals surface area contributed by atoms with Crippen molar-refractivity contribution in [1.29, 1.82) is 0 Å². The third kappa shape index (κ3) is 2.16. The van der Waals surface area contributed by atoms with Gasteiger partial charge in [0.05, 0.1) is 5.69 Å². The second-order valence-electron chi connectivity index (χ2n) is 4.95. The third-order valence-corrected chi connectivity index (χ3v) is 3.33. The van der Waals surface area contributed by atoms with Crippen molar-refractivity contribution >= 4 is 22.9 Å². The smallest absolute Gasteiger partial charge is 0.146 e. The molecule has 1 unspecified atom stereocenters. The van der Waals surface area contributed by atoms with Gasteiger partial charge in [-0.1, -0.05) is 26.1 Å². The Balaban J connectivity index is 2.14. The summed E-state index contributed by atoms with van der Waals surface area (Å²) in [7, 11) is 0. The fraction of sp³-hybridized carbons (Fsp3) is 0.417. The van der Waals surface area contributed by atoms with Crippen LogP contribution in [0.15, 0.2) is 18.2 Å². The summed E-state index contributed by atoms with van der Waals surface area (Å²) in [4.78, 5) is 0.220. The number of hydrogen-bond donors (Lipinski definition) is 2. The zero-order chi connectivity index (χ0) is 11.9. The lowest BCUT2D eigenvalue weighted by atomic mass is 10.1. The van der Waals surface area contributed by atoms with Gasteiger partial charge in [-0.3, -0.25) is 0 Å². The zero-order valence-electron chi connectivity index (χ0n) is 9.38. The maximum absolute atomic E-state index is 13.7. The van der Waals surface area contributed by atoms with Gasteiger partial charge in [0.2, 0.25) is 0 Å². The van der Waals surface area contributed by atoms with Crippen LogP contribution < -0.4 is 11.1 Å². The van der Waals surface area contributed by atoms with Gasteiger partial charge >= 0.3 is 0 Å². The van der Waals surface area contributed by atoms with Gasteiger partial charge in [-0.25, -0.2) is 4.39 Å². The molecule has 16 heavy (non-hydrogen) atoms. The summed E-state index contributed by atoms with van der Waals surface area (Å²) >= 11 is 4.79. The van der Waals surface area contributed by atoms with Crippen molar-refractivity contribution in [2.24, 2.45) is 11.1 Å². The molecule has 2 rings (SSSR count). The van der Waals surface area contributed by atoms with Gasteiger partial charge in [0.25, 0.3) is 0 Å². The van der Waals surface area contributed by atoms with Gasteiger partial charge in [-0.15, -0.1) is 0 Å². The van der Waals surface area contributed by atoms with Crippen molar-refractivity contribution in [2.45, 2.75) is 26.3 Å². The number of anilines is 1. The molecule has 3 N–H and O–H groups in total. The van der Waals surface area contributed by atoms with Crippen LogP contribution in [0.2, 0.25) is 0 Å². The Kier molecular flexibility index (Phi) is 2.62. The number of benzene rings is 1. The molecule has 0 aliphatic heterocycles. The predicted octanol–water partition coefficient (Wildman–Crippen LogP) is 2.67. The van der Waals surface area contributed by atoms with Crippen LogP contribution in [-0.2, 0) is 0 Å². The van der Waals surface area contributed by atoms with Crippen molar-refractivity contribution in [2.75, 3.05) is 5.32 Å². The topological polar surface area (TPSA) is 38.0 Å². The van der Waals surface area contributed by atoms with Crippen LogP contribution in [0.5, 0.6) is 0 Å². The van der Waals surface area contributed by atoms with Crippen LogP contribution >= 0.6 is 12.2 Å². The Bertz CT molecular complexity index is 443. The molecule has 1 fully saturated rings. The van der Waals surface area contributed by atoms with Crippen molar-refractivity contribution in [3.63, 3.8) is 0 Å². The lowest BCUT2D eigenvalue weighted by molar-refractivity contribution is 0.614. The van der Waals surface area contributed by atoms with E-state index < -0.39 is 0 Å². The molecule has 0 radical (unpaired) electrons. The highest BCUT2D eigenvalue weighted by Crippen LogP contribution is 2.46. The minimum atomic E-state index is -0.298. The van der Waals surface area contributed by atoms with Crippen LogP contribution in [0, 0.1) is 11.2 Å². The number of thiocarbonyl (C=S) groups is 1. The monoisotopic (exact) mass is 238 g/mol. The second kappa shape index (κ2) is 3.70. The number of nitrogens with one attached hydrogen (secondary N) is 1. The first-order chi connectivity index (χ1) is 7.40. The summed E-state index contributed by atoms with van der Waals surface area (Å²) in [6.45, 7) is 4.32. The summed E-state index contributed by atoms with van der Waals surface area (Å²) in [5.41, 5.74) is 6.79. The van der Waals surface area contributed by atoms with Crippen LogP contribution in [0.4, 0.5) is 10.1 Å². The van der Waals surface area contributed by atoms with Crippen LogP contribution in [0.3, 0.4) is 0 Å². The Hall–Kier alpha value is -1.16. The summed E-state index contributed by atoms with van der Waals surface area (Å²) in [6.07, 6.45) is 1.07. The fourth-order valence-corrected chi connectivity index (χ4v) is 1.81. The first-order valence-corrected chi connectivity index (χ1v) is 5.67. The van der Waals surface area contributed by atoms with Crippen molar-refractivity contribution < 1.29 is 4.39 Å². The maximum Gasteiger partial charge on any atom is 0.146 e. The summed E-state index contributed by atoms with van der Waals surface area (Å²) in [5, 5.41) is 3.18. The molecule has 4 heteroatoms. The molecule has 1 aliphatic carbocycles.